The zero-order valence-corrected chi connectivity index (χ0v) is 30.9. The van der Waals surface area contributed by atoms with Gasteiger partial charge in [-0.15, -0.1) is 0 Å². The Hall–Kier alpha value is -1.79. The average Bonchev–Trinajstić information content (AvgIpc) is 2.81. The standard InChI is InChI=1S/C33H65N9O2/c1-28(2,3)21-29(4,5)38-25-35-26(39(14)23-17-30(6,7)41(43-16)31(8,9)18-23)37-27(36-25)40(15)24-19-32(10,11)42(44-22-34)33(12,13)20-24/h23-24H,17-22,34H2,1-16H3,(H,35,36,37,38). The summed E-state index contributed by atoms with van der Waals surface area (Å²) in [7, 11) is 6.01. The Morgan fingerprint density at radius 3 is 1.48 bits per heavy atom. The lowest BCUT2D eigenvalue weighted by atomic mass is 9.78. The van der Waals surface area contributed by atoms with E-state index in [1.54, 1.807) is 7.11 Å². The van der Waals surface area contributed by atoms with Crippen LogP contribution in [0.5, 0.6) is 0 Å². The minimum Gasteiger partial charge on any atom is -0.349 e. The van der Waals surface area contributed by atoms with Crippen molar-refractivity contribution in [3.63, 3.8) is 0 Å². The smallest absolute Gasteiger partial charge is 0.231 e. The Kier molecular flexibility index (Phi) is 10.4. The molecule has 3 rings (SSSR count). The molecule has 0 atom stereocenters. The van der Waals surface area contributed by atoms with Crippen molar-refractivity contribution in [3.8, 4) is 0 Å². The van der Waals surface area contributed by atoms with Crippen LogP contribution in [-0.4, -0.2) is 92.8 Å². The van der Waals surface area contributed by atoms with Gasteiger partial charge in [0.2, 0.25) is 17.8 Å². The maximum atomic E-state index is 5.95. The summed E-state index contributed by atoms with van der Waals surface area (Å²) in [6, 6.07) is 0.410. The number of nitrogens with two attached hydrogens (primary N) is 1. The number of hydrogen-bond donors (Lipinski definition) is 2. The summed E-state index contributed by atoms with van der Waals surface area (Å²) in [4.78, 5) is 31.6. The van der Waals surface area contributed by atoms with Gasteiger partial charge >= 0.3 is 0 Å². The van der Waals surface area contributed by atoms with Gasteiger partial charge in [0.05, 0.1) is 7.11 Å². The molecule has 44 heavy (non-hydrogen) atoms. The molecular weight excluding hydrogens is 554 g/mol. The van der Waals surface area contributed by atoms with Gasteiger partial charge in [0.25, 0.3) is 0 Å². The van der Waals surface area contributed by atoms with Gasteiger partial charge in [0.15, 0.2) is 0 Å². The lowest BCUT2D eigenvalue weighted by molar-refractivity contribution is -0.281. The first-order valence-corrected chi connectivity index (χ1v) is 16.3. The number of nitrogens with zero attached hydrogens (tertiary/aromatic N) is 7. The van der Waals surface area contributed by atoms with Crippen LogP contribution in [0.1, 0.15) is 122 Å². The molecule has 0 radical (unpaired) electrons. The van der Waals surface area contributed by atoms with Gasteiger partial charge in [-0.05, 0) is 107 Å². The number of hydroxylamine groups is 4. The molecule has 3 N–H and O–H groups in total. The van der Waals surface area contributed by atoms with E-state index in [0.717, 1.165) is 32.1 Å². The van der Waals surface area contributed by atoms with Gasteiger partial charge in [0.1, 0.15) is 6.73 Å². The Labute approximate surface area is 268 Å². The summed E-state index contributed by atoms with van der Waals surface area (Å²) in [6.45, 7) is 29.3. The zero-order chi connectivity index (χ0) is 33.7. The van der Waals surface area contributed by atoms with Crippen molar-refractivity contribution in [2.45, 2.75) is 162 Å². The molecule has 2 aliphatic heterocycles. The third kappa shape index (κ3) is 8.32. The Morgan fingerprint density at radius 1 is 0.750 bits per heavy atom. The van der Waals surface area contributed by atoms with Crippen molar-refractivity contribution in [2.75, 3.05) is 43.1 Å². The first-order valence-electron chi connectivity index (χ1n) is 16.3. The molecule has 0 aromatic carbocycles. The number of rotatable bonds is 10. The fraction of sp³-hybridized carbons (Fsp3) is 0.909. The van der Waals surface area contributed by atoms with Crippen LogP contribution in [0.25, 0.3) is 0 Å². The highest BCUT2D eigenvalue weighted by Crippen LogP contribution is 2.43. The molecule has 0 aliphatic carbocycles. The maximum Gasteiger partial charge on any atom is 0.231 e. The molecule has 2 aliphatic rings. The molecule has 0 amide bonds. The molecule has 11 nitrogen and oxygen atoms in total. The molecule has 0 unspecified atom stereocenters. The molecule has 1 aromatic rings. The fourth-order valence-electron chi connectivity index (χ4n) is 8.61. The van der Waals surface area contributed by atoms with Crippen LogP contribution in [0, 0.1) is 5.41 Å². The SMILES string of the molecule is CON1C(C)(C)CC(N(C)c2nc(NC(C)(C)CC(C)(C)C)nc(N(C)C3CC(C)(C)N(OCN)C(C)(C)C3)n2)CC1(C)C. The van der Waals surface area contributed by atoms with E-state index in [2.05, 4.69) is 129 Å². The van der Waals surface area contributed by atoms with E-state index in [-0.39, 0.29) is 51.9 Å². The van der Waals surface area contributed by atoms with Gasteiger partial charge in [-0.25, -0.2) is 0 Å². The van der Waals surface area contributed by atoms with Crippen LogP contribution in [0.3, 0.4) is 0 Å². The second kappa shape index (κ2) is 12.4. The quantitative estimate of drug-likeness (QED) is 0.309. The molecule has 0 saturated carbocycles. The highest BCUT2D eigenvalue weighted by Gasteiger charge is 2.49. The minimum atomic E-state index is -0.227. The molecule has 0 bridgehead atoms. The monoisotopic (exact) mass is 620 g/mol. The van der Waals surface area contributed by atoms with Gasteiger partial charge in [0, 0.05) is 53.9 Å². The summed E-state index contributed by atoms with van der Waals surface area (Å²) < 4.78 is 0. The zero-order valence-electron chi connectivity index (χ0n) is 30.9. The van der Waals surface area contributed by atoms with Crippen molar-refractivity contribution >= 4 is 17.8 Å². The minimum absolute atomic E-state index is 0.145. The van der Waals surface area contributed by atoms with Crippen molar-refractivity contribution in [1.29, 1.82) is 0 Å². The van der Waals surface area contributed by atoms with Crippen molar-refractivity contribution in [1.82, 2.24) is 25.1 Å². The number of nitrogens with one attached hydrogen (secondary N) is 1. The predicted molar refractivity (Wildman–Crippen MR) is 182 cm³/mol. The first kappa shape index (κ1) is 36.7. The van der Waals surface area contributed by atoms with E-state index in [9.17, 15) is 0 Å². The molecule has 254 valence electrons. The Morgan fingerprint density at radius 2 is 1.14 bits per heavy atom. The van der Waals surface area contributed by atoms with Crippen LogP contribution < -0.4 is 20.9 Å². The van der Waals surface area contributed by atoms with Crippen molar-refractivity contribution in [2.24, 2.45) is 11.1 Å². The Balaban J connectivity index is 2.04. The lowest BCUT2D eigenvalue weighted by Crippen LogP contribution is -2.64. The normalized spacial score (nSPS) is 23.0. The van der Waals surface area contributed by atoms with Gasteiger partial charge in [-0.1, -0.05) is 20.8 Å². The van der Waals surface area contributed by atoms with Crippen LogP contribution in [-0.2, 0) is 9.68 Å². The number of piperidine rings is 2. The molecule has 3 heterocycles. The van der Waals surface area contributed by atoms with E-state index < -0.39 is 0 Å². The van der Waals surface area contributed by atoms with E-state index in [0.29, 0.717) is 17.8 Å². The summed E-state index contributed by atoms with van der Waals surface area (Å²) >= 11 is 0. The summed E-state index contributed by atoms with van der Waals surface area (Å²) in [5.74, 6) is 1.96. The Bertz CT molecular complexity index is 1090. The third-order valence-corrected chi connectivity index (χ3v) is 9.29. The van der Waals surface area contributed by atoms with Gasteiger partial charge < -0.3 is 25.7 Å². The second-order valence-electron chi connectivity index (χ2n) is 17.7. The molecule has 2 saturated heterocycles. The van der Waals surface area contributed by atoms with Crippen LogP contribution >= 0.6 is 0 Å². The van der Waals surface area contributed by atoms with E-state index in [1.165, 1.54) is 0 Å². The van der Waals surface area contributed by atoms with Crippen LogP contribution in [0.15, 0.2) is 0 Å². The average molecular weight is 620 g/mol. The van der Waals surface area contributed by atoms with Crippen molar-refractivity contribution < 1.29 is 9.68 Å². The van der Waals surface area contributed by atoms with E-state index >= 15 is 0 Å². The molecule has 2 fully saturated rings. The highest BCUT2D eigenvalue weighted by atomic mass is 16.7. The molecule has 11 heteroatoms. The molecule has 0 spiro atoms. The van der Waals surface area contributed by atoms with Gasteiger partial charge in [-0.3, -0.25) is 4.84 Å². The molecule has 1 aromatic heterocycles. The largest absolute Gasteiger partial charge is 0.349 e. The fourth-order valence-corrected chi connectivity index (χ4v) is 8.61. The number of aromatic nitrogens is 3. The van der Waals surface area contributed by atoms with E-state index in [1.807, 2.05) is 0 Å². The van der Waals surface area contributed by atoms with E-state index in [4.69, 9.17) is 30.4 Å². The summed E-state index contributed by atoms with van der Waals surface area (Å²) in [5.41, 5.74) is 4.99. The van der Waals surface area contributed by atoms with Crippen LogP contribution in [0.2, 0.25) is 0 Å². The topological polar surface area (TPSA) is 108 Å². The highest BCUT2D eigenvalue weighted by molar-refractivity contribution is 5.47. The first-order chi connectivity index (χ1) is 19.8. The van der Waals surface area contributed by atoms with Crippen molar-refractivity contribution in [3.05, 3.63) is 0 Å². The summed E-state index contributed by atoms with van der Waals surface area (Å²) in [5, 5.41) is 7.91. The predicted octanol–water partition coefficient (Wildman–Crippen LogP) is 5.82. The second-order valence-corrected chi connectivity index (χ2v) is 17.7. The van der Waals surface area contributed by atoms with Gasteiger partial charge in [-0.2, -0.15) is 25.1 Å². The molecular formula is C33H65N9O2. The maximum absolute atomic E-state index is 5.95. The lowest BCUT2D eigenvalue weighted by Gasteiger charge is -2.55. The van der Waals surface area contributed by atoms with Crippen LogP contribution in [0.4, 0.5) is 17.8 Å². The third-order valence-electron chi connectivity index (χ3n) is 9.29. The number of hydrogen-bond acceptors (Lipinski definition) is 11. The number of anilines is 3. The summed E-state index contributed by atoms with van der Waals surface area (Å²) in [6.07, 6.45) is 4.54.